The van der Waals surface area contributed by atoms with Crippen LogP contribution in [0.5, 0.6) is 5.75 Å². The molecule has 1 aliphatic rings. The van der Waals surface area contributed by atoms with Crippen LogP contribution in [0.2, 0.25) is 0 Å². The quantitative estimate of drug-likeness (QED) is 0.645. The SMILES string of the molecule is Cc1nccn1-c1cncc(C2CCCN(C(=O)CCOc3ccccc3)C2)n1. The number of carbonyl (C=O) groups is 1. The van der Waals surface area contributed by atoms with E-state index in [4.69, 9.17) is 9.72 Å². The summed E-state index contributed by atoms with van der Waals surface area (Å²) in [5.74, 6) is 2.74. The monoisotopic (exact) mass is 391 g/mol. The van der Waals surface area contributed by atoms with Gasteiger partial charge in [-0.2, -0.15) is 0 Å². The normalized spacial score (nSPS) is 16.6. The van der Waals surface area contributed by atoms with Crippen molar-refractivity contribution in [3.63, 3.8) is 0 Å². The molecule has 7 heteroatoms. The summed E-state index contributed by atoms with van der Waals surface area (Å²) in [7, 11) is 0. The van der Waals surface area contributed by atoms with Gasteiger partial charge in [0.25, 0.3) is 0 Å². The number of nitrogens with zero attached hydrogens (tertiary/aromatic N) is 5. The Kier molecular flexibility index (Phi) is 5.84. The minimum Gasteiger partial charge on any atom is -0.493 e. The summed E-state index contributed by atoms with van der Waals surface area (Å²) in [6.45, 7) is 3.78. The molecule has 1 amide bonds. The van der Waals surface area contributed by atoms with E-state index in [1.807, 2.05) is 59.1 Å². The summed E-state index contributed by atoms with van der Waals surface area (Å²) in [4.78, 5) is 28.0. The molecule has 1 aliphatic heterocycles. The molecular formula is C22H25N5O2. The highest BCUT2D eigenvalue weighted by molar-refractivity contribution is 5.76. The Balaban J connectivity index is 1.37. The van der Waals surface area contributed by atoms with Gasteiger partial charge >= 0.3 is 0 Å². The van der Waals surface area contributed by atoms with Crippen LogP contribution in [-0.2, 0) is 4.79 Å². The van der Waals surface area contributed by atoms with Gasteiger partial charge in [-0.05, 0) is 31.9 Å². The van der Waals surface area contributed by atoms with Crippen molar-refractivity contribution >= 4 is 5.91 Å². The molecule has 0 N–H and O–H groups in total. The van der Waals surface area contributed by atoms with Gasteiger partial charge in [0.2, 0.25) is 5.91 Å². The van der Waals surface area contributed by atoms with E-state index in [-0.39, 0.29) is 11.8 Å². The minimum atomic E-state index is 0.125. The van der Waals surface area contributed by atoms with E-state index in [0.29, 0.717) is 19.6 Å². The highest BCUT2D eigenvalue weighted by Gasteiger charge is 2.26. The first-order chi connectivity index (χ1) is 14.2. The molecule has 1 atom stereocenters. The minimum absolute atomic E-state index is 0.125. The second kappa shape index (κ2) is 8.86. The average molecular weight is 391 g/mol. The number of carbonyl (C=O) groups excluding carboxylic acids is 1. The third kappa shape index (κ3) is 4.62. The van der Waals surface area contributed by atoms with Gasteiger partial charge < -0.3 is 9.64 Å². The number of aryl methyl sites for hydroxylation is 1. The fraction of sp³-hybridized carbons (Fsp3) is 0.364. The van der Waals surface area contributed by atoms with Crippen molar-refractivity contribution < 1.29 is 9.53 Å². The molecule has 0 bridgehead atoms. The van der Waals surface area contributed by atoms with Gasteiger partial charge in [-0.1, -0.05) is 18.2 Å². The number of likely N-dealkylation sites (tertiary alicyclic amines) is 1. The van der Waals surface area contributed by atoms with Gasteiger partial charge in [0.05, 0.1) is 24.9 Å². The molecule has 0 aliphatic carbocycles. The lowest BCUT2D eigenvalue weighted by Crippen LogP contribution is -2.39. The molecule has 2 aromatic heterocycles. The standard InChI is InChI=1S/C22H25N5O2/c1-17-24-10-12-27(17)21-15-23-14-20(25-21)18-6-5-11-26(16-18)22(28)9-13-29-19-7-3-2-4-8-19/h2-4,7-8,10,12,14-15,18H,5-6,9,11,13,16H2,1H3. The maximum atomic E-state index is 12.7. The lowest BCUT2D eigenvalue weighted by molar-refractivity contribution is -0.132. The lowest BCUT2D eigenvalue weighted by atomic mass is 9.95. The zero-order valence-electron chi connectivity index (χ0n) is 16.6. The Morgan fingerprint density at radius 2 is 2.10 bits per heavy atom. The Morgan fingerprint density at radius 1 is 1.24 bits per heavy atom. The number of ether oxygens (including phenoxy) is 1. The van der Waals surface area contributed by atoms with Gasteiger partial charge in [-0.3, -0.25) is 14.3 Å². The van der Waals surface area contributed by atoms with E-state index >= 15 is 0 Å². The third-order valence-electron chi connectivity index (χ3n) is 5.23. The predicted molar refractivity (Wildman–Crippen MR) is 109 cm³/mol. The second-order valence-corrected chi connectivity index (χ2v) is 7.24. The summed E-state index contributed by atoms with van der Waals surface area (Å²) < 4.78 is 7.59. The average Bonchev–Trinajstić information content (AvgIpc) is 3.20. The molecule has 0 radical (unpaired) electrons. The van der Waals surface area contributed by atoms with Crippen molar-refractivity contribution in [2.24, 2.45) is 0 Å². The number of benzene rings is 1. The van der Waals surface area contributed by atoms with E-state index in [1.54, 1.807) is 12.4 Å². The van der Waals surface area contributed by atoms with E-state index in [0.717, 1.165) is 42.5 Å². The molecule has 3 aromatic rings. The smallest absolute Gasteiger partial charge is 0.226 e. The lowest BCUT2D eigenvalue weighted by Gasteiger charge is -2.32. The number of para-hydroxylation sites is 1. The highest BCUT2D eigenvalue weighted by atomic mass is 16.5. The van der Waals surface area contributed by atoms with Crippen LogP contribution in [0.15, 0.2) is 55.1 Å². The van der Waals surface area contributed by atoms with Crippen LogP contribution < -0.4 is 4.74 Å². The molecule has 7 nitrogen and oxygen atoms in total. The zero-order chi connectivity index (χ0) is 20.1. The number of hydrogen-bond acceptors (Lipinski definition) is 5. The van der Waals surface area contributed by atoms with Gasteiger partial charge in [0, 0.05) is 37.6 Å². The summed E-state index contributed by atoms with van der Waals surface area (Å²) in [5, 5.41) is 0. The van der Waals surface area contributed by atoms with Gasteiger partial charge in [0.1, 0.15) is 11.6 Å². The molecule has 0 spiro atoms. The summed E-state index contributed by atoms with van der Waals surface area (Å²) in [5.41, 5.74) is 0.925. The molecule has 150 valence electrons. The number of imidazole rings is 1. The van der Waals surface area contributed by atoms with Crippen molar-refractivity contribution in [1.29, 1.82) is 0 Å². The molecule has 29 heavy (non-hydrogen) atoms. The van der Waals surface area contributed by atoms with Crippen LogP contribution in [0.25, 0.3) is 5.82 Å². The molecule has 1 unspecified atom stereocenters. The first kappa shape index (κ1) is 19.1. The zero-order valence-corrected chi connectivity index (χ0v) is 16.6. The maximum absolute atomic E-state index is 12.7. The molecule has 1 saturated heterocycles. The van der Waals surface area contributed by atoms with Crippen LogP contribution in [0.4, 0.5) is 0 Å². The van der Waals surface area contributed by atoms with Gasteiger partial charge in [0.15, 0.2) is 5.82 Å². The van der Waals surface area contributed by atoms with E-state index in [9.17, 15) is 4.79 Å². The van der Waals surface area contributed by atoms with Gasteiger partial charge in [-0.25, -0.2) is 9.97 Å². The molecule has 4 rings (SSSR count). The van der Waals surface area contributed by atoms with Gasteiger partial charge in [-0.15, -0.1) is 0 Å². The third-order valence-corrected chi connectivity index (χ3v) is 5.23. The summed E-state index contributed by atoms with van der Waals surface area (Å²) >= 11 is 0. The van der Waals surface area contributed by atoms with Crippen molar-refractivity contribution in [1.82, 2.24) is 24.4 Å². The predicted octanol–water partition coefficient (Wildman–Crippen LogP) is 3.15. The molecule has 1 fully saturated rings. The molecule has 0 saturated carbocycles. The Labute approximate surface area is 170 Å². The first-order valence-electron chi connectivity index (χ1n) is 9.98. The Hall–Kier alpha value is -3.22. The topological polar surface area (TPSA) is 73.1 Å². The van der Waals surface area contributed by atoms with Crippen LogP contribution in [0, 0.1) is 6.92 Å². The fourth-order valence-corrected chi connectivity index (χ4v) is 3.68. The number of aromatic nitrogens is 4. The van der Waals surface area contributed by atoms with Crippen LogP contribution in [0.3, 0.4) is 0 Å². The van der Waals surface area contributed by atoms with Crippen molar-refractivity contribution in [2.75, 3.05) is 19.7 Å². The number of piperidine rings is 1. The van der Waals surface area contributed by atoms with Crippen molar-refractivity contribution in [3.05, 3.63) is 66.6 Å². The van der Waals surface area contributed by atoms with Crippen LogP contribution >= 0.6 is 0 Å². The Morgan fingerprint density at radius 3 is 2.90 bits per heavy atom. The fourth-order valence-electron chi connectivity index (χ4n) is 3.68. The van der Waals surface area contributed by atoms with Crippen molar-refractivity contribution in [2.45, 2.75) is 32.1 Å². The van der Waals surface area contributed by atoms with Crippen LogP contribution in [0.1, 0.15) is 36.7 Å². The van der Waals surface area contributed by atoms with E-state index in [2.05, 4.69) is 9.97 Å². The first-order valence-corrected chi connectivity index (χ1v) is 9.98. The maximum Gasteiger partial charge on any atom is 0.226 e. The summed E-state index contributed by atoms with van der Waals surface area (Å²) in [6.07, 6.45) is 9.53. The number of rotatable bonds is 6. The number of hydrogen-bond donors (Lipinski definition) is 0. The summed E-state index contributed by atoms with van der Waals surface area (Å²) in [6, 6.07) is 9.58. The second-order valence-electron chi connectivity index (χ2n) is 7.24. The van der Waals surface area contributed by atoms with E-state index in [1.165, 1.54) is 0 Å². The largest absolute Gasteiger partial charge is 0.493 e. The molecular weight excluding hydrogens is 366 g/mol. The number of amides is 1. The van der Waals surface area contributed by atoms with Crippen molar-refractivity contribution in [3.8, 4) is 11.6 Å². The molecule has 3 heterocycles. The van der Waals surface area contributed by atoms with E-state index < -0.39 is 0 Å². The van der Waals surface area contributed by atoms with Crippen LogP contribution in [-0.4, -0.2) is 50.0 Å². The molecule has 1 aromatic carbocycles. The Bertz CT molecular complexity index is 957. The highest BCUT2D eigenvalue weighted by Crippen LogP contribution is 2.26.